The van der Waals surface area contributed by atoms with Gasteiger partial charge < -0.3 is 5.11 Å². The van der Waals surface area contributed by atoms with Crippen molar-refractivity contribution in [3.8, 4) is 0 Å². The summed E-state index contributed by atoms with van der Waals surface area (Å²) in [6, 6.07) is 11.9. The molecule has 0 bridgehead atoms. The molecule has 0 radical (unpaired) electrons. The zero-order valence-electron chi connectivity index (χ0n) is 8.85. The first kappa shape index (κ1) is 10.1. The molecule has 1 atom stereocenters. The van der Waals surface area contributed by atoms with Crippen LogP contribution in [0.3, 0.4) is 0 Å². The van der Waals surface area contributed by atoms with Crippen molar-refractivity contribution in [1.29, 1.82) is 0 Å². The maximum atomic E-state index is 9.82. The third-order valence-electron chi connectivity index (χ3n) is 2.52. The van der Waals surface area contributed by atoms with Gasteiger partial charge in [-0.15, -0.1) is 0 Å². The van der Waals surface area contributed by atoms with E-state index < -0.39 is 6.10 Å². The number of para-hydroxylation sites is 1. The number of fused-ring (bicyclic) bond motifs is 1. The second-order valence-corrected chi connectivity index (χ2v) is 3.73. The van der Waals surface area contributed by atoms with Gasteiger partial charge in [-0.1, -0.05) is 37.6 Å². The predicted molar refractivity (Wildman–Crippen MR) is 61.6 cm³/mol. The van der Waals surface area contributed by atoms with Crippen molar-refractivity contribution in [2.45, 2.75) is 25.9 Å². The molecule has 78 valence electrons. The average molecular weight is 201 g/mol. The van der Waals surface area contributed by atoms with E-state index in [0.717, 1.165) is 29.4 Å². The Balaban J connectivity index is 2.38. The Hall–Kier alpha value is -1.41. The van der Waals surface area contributed by atoms with Crippen LogP contribution in [-0.2, 0) is 0 Å². The Morgan fingerprint density at radius 1 is 1.20 bits per heavy atom. The highest BCUT2D eigenvalue weighted by atomic mass is 16.3. The highest BCUT2D eigenvalue weighted by molar-refractivity contribution is 5.78. The van der Waals surface area contributed by atoms with E-state index in [1.54, 1.807) is 0 Å². The number of pyridine rings is 1. The minimum absolute atomic E-state index is 0.431. The van der Waals surface area contributed by atoms with E-state index >= 15 is 0 Å². The van der Waals surface area contributed by atoms with Crippen LogP contribution in [0.2, 0.25) is 0 Å². The molecule has 0 spiro atoms. The first-order chi connectivity index (χ1) is 7.31. The number of hydrogen-bond donors (Lipinski definition) is 1. The van der Waals surface area contributed by atoms with Gasteiger partial charge in [-0.2, -0.15) is 0 Å². The lowest BCUT2D eigenvalue weighted by atomic mass is 10.1. The molecule has 1 heterocycles. The van der Waals surface area contributed by atoms with E-state index in [2.05, 4.69) is 11.9 Å². The third-order valence-corrected chi connectivity index (χ3v) is 2.52. The number of rotatable bonds is 3. The van der Waals surface area contributed by atoms with Crippen molar-refractivity contribution in [3.05, 3.63) is 42.1 Å². The van der Waals surface area contributed by atoms with Crippen molar-refractivity contribution in [2.75, 3.05) is 0 Å². The van der Waals surface area contributed by atoms with Gasteiger partial charge in [-0.25, -0.2) is 0 Å². The smallest absolute Gasteiger partial charge is 0.0959 e. The summed E-state index contributed by atoms with van der Waals surface area (Å²) in [6.07, 6.45) is 1.31. The summed E-state index contributed by atoms with van der Waals surface area (Å²) in [7, 11) is 0. The molecule has 2 aromatic rings. The molecular weight excluding hydrogens is 186 g/mol. The number of hydrogen-bond acceptors (Lipinski definition) is 2. The molecule has 0 saturated carbocycles. The van der Waals surface area contributed by atoms with Crippen molar-refractivity contribution >= 4 is 10.9 Å². The Morgan fingerprint density at radius 2 is 2.00 bits per heavy atom. The van der Waals surface area contributed by atoms with Crippen LogP contribution in [0, 0.1) is 0 Å². The minimum atomic E-state index is -0.431. The van der Waals surface area contributed by atoms with Crippen molar-refractivity contribution in [3.63, 3.8) is 0 Å². The Morgan fingerprint density at radius 3 is 2.80 bits per heavy atom. The maximum absolute atomic E-state index is 9.82. The van der Waals surface area contributed by atoms with E-state index in [1.165, 1.54) is 0 Å². The first-order valence-electron chi connectivity index (χ1n) is 5.35. The van der Waals surface area contributed by atoms with Gasteiger partial charge in [0.05, 0.1) is 17.3 Å². The van der Waals surface area contributed by atoms with Crippen LogP contribution in [0.1, 0.15) is 31.6 Å². The average Bonchev–Trinajstić information content (AvgIpc) is 2.29. The standard InChI is InChI=1S/C13H15NO/c1-2-5-13(15)12-9-8-10-6-3-4-7-11(10)14-12/h3-4,6-9,13,15H,2,5H2,1H3. The monoisotopic (exact) mass is 201 g/mol. The quantitative estimate of drug-likeness (QED) is 0.827. The molecule has 0 aliphatic carbocycles. The third kappa shape index (κ3) is 2.16. The minimum Gasteiger partial charge on any atom is -0.387 e. The second-order valence-electron chi connectivity index (χ2n) is 3.73. The number of nitrogens with zero attached hydrogens (tertiary/aromatic N) is 1. The summed E-state index contributed by atoms with van der Waals surface area (Å²) in [6.45, 7) is 2.06. The SMILES string of the molecule is CCCC(O)c1ccc2ccccc2n1. The summed E-state index contributed by atoms with van der Waals surface area (Å²) in [5.41, 5.74) is 1.72. The number of aromatic nitrogens is 1. The fourth-order valence-electron chi connectivity index (χ4n) is 1.69. The van der Waals surface area contributed by atoms with Gasteiger partial charge in [0.25, 0.3) is 0 Å². The van der Waals surface area contributed by atoms with Crippen LogP contribution < -0.4 is 0 Å². The fraction of sp³-hybridized carbons (Fsp3) is 0.308. The number of aliphatic hydroxyl groups is 1. The largest absolute Gasteiger partial charge is 0.387 e. The number of aliphatic hydroxyl groups excluding tert-OH is 1. The first-order valence-corrected chi connectivity index (χ1v) is 5.35. The van der Waals surface area contributed by atoms with Crippen molar-refractivity contribution in [2.24, 2.45) is 0 Å². The molecule has 2 nitrogen and oxygen atoms in total. The normalized spacial score (nSPS) is 12.9. The maximum Gasteiger partial charge on any atom is 0.0959 e. The van der Waals surface area contributed by atoms with E-state index in [-0.39, 0.29) is 0 Å². The molecule has 2 heteroatoms. The fourth-order valence-corrected chi connectivity index (χ4v) is 1.69. The molecule has 1 N–H and O–H groups in total. The molecule has 0 fully saturated rings. The lowest BCUT2D eigenvalue weighted by Crippen LogP contribution is -1.99. The Kier molecular flexibility index (Phi) is 2.97. The van der Waals surface area contributed by atoms with Crippen LogP contribution in [-0.4, -0.2) is 10.1 Å². The van der Waals surface area contributed by atoms with Gasteiger partial charge in [0.2, 0.25) is 0 Å². The lowest BCUT2D eigenvalue weighted by Gasteiger charge is -2.09. The van der Waals surface area contributed by atoms with E-state index in [0.29, 0.717) is 0 Å². The molecule has 0 amide bonds. The van der Waals surface area contributed by atoms with Crippen LogP contribution in [0.15, 0.2) is 36.4 Å². The van der Waals surface area contributed by atoms with E-state index in [1.807, 2.05) is 36.4 Å². The molecule has 0 aliphatic rings. The molecule has 1 unspecified atom stereocenters. The van der Waals surface area contributed by atoms with E-state index in [4.69, 9.17) is 0 Å². The van der Waals surface area contributed by atoms with E-state index in [9.17, 15) is 5.11 Å². The molecule has 0 saturated heterocycles. The van der Waals surface area contributed by atoms with Crippen LogP contribution in [0.25, 0.3) is 10.9 Å². The molecule has 0 aliphatic heterocycles. The Bertz CT molecular complexity index is 453. The molecule has 1 aromatic carbocycles. The molecule has 1 aromatic heterocycles. The highest BCUT2D eigenvalue weighted by Gasteiger charge is 2.07. The zero-order chi connectivity index (χ0) is 10.7. The topological polar surface area (TPSA) is 33.1 Å². The lowest BCUT2D eigenvalue weighted by molar-refractivity contribution is 0.162. The second kappa shape index (κ2) is 4.41. The van der Waals surface area contributed by atoms with Crippen molar-refractivity contribution < 1.29 is 5.11 Å². The summed E-state index contributed by atoms with van der Waals surface area (Å²) in [4.78, 5) is 4.44. The molecular formula is C13H15NO. The summed E-state index contributed by atoms with van der Waals surface area (Å²) >= 11 is 0. The van der Waals surface area contributed by atoms with Gasteiger partial charge in [-0.05, 0) is 18.6 Å². The van der Waals surface area contributed by atoms with Crippen LogP contribution in [0.4, 0.5) is 0 Å². The highest BCUT2D eigenvalue weighted by Crippen LogP contribution is 2.19. The van der Waals surface area contributed by atoms with Gasteiger partial charge in [0.15, 0.2) is 0 Å². The van der Waals surface area contributed by atoms with Gasteiger partial charge in [0, 0.05) is 5.39 Å². The van der Waals surface area contributed by atoms with Crippen LogP contribution >= 0.6 is 0 Å². The van der Waals surface area contributed by atoms with Gasteiger partial charge in [0.1, 0.15) is 0 Å². The number of benzene rings is 1. The Labute approximate surface area is 89.6 Å². The van der Waals surface area contributed by atoms with Gasteiger partial charge in [-0.3, -0.25) is 4.98 Å². The summed E-state index contributed by atoms with van der Waals surface area (Å²) in [5, 5.41) is 10.9. The van der Waals surface area contributed by atoms with Crippen molar-refractivity contribution in [1.82, 2.24) is 4.98 Å². The predicted octanol–water partition coefficient (Wildman–Crippen LogP) is 3.07. The summed E-state index contributed by atoms with van der Waals surface area (Å²) in [5.74, 6) is 0. The van der Waals surface area contributed by atoms with Gasteiger partial charge >= 0.3 is 0 Å². The zero-order valence-corrected chi connectivity index (χ0v) is 8.85. The molecule has 15 heavy (non-hydrogen) atoms. The summed E-state index contributed by atoms with van der Waals surface area (Å²) < 4.78 is 0. The molecule has 2 rings (SSSR count). The van der Waals surface area contributed by atoms with Crippen LogP contribution in [0.5, 0.6) is 0 Å².